The summed E-state index contributed by atoms with van der Waals surface area (Å²) in [7, 11) is 0. The molecule has 1 aromatic rings. The van der Waals surface area contributed by atoms with Crippen molar-refractivity contribution in [3.8, 4) is 0 Å². The van der Waals surface area contributed by atoms with Crippen LogP contribution in [0.3, 0.4) is 0 Å². The van der Waals surface area contributed by atoms with Crippen LogP contribution in [0.4, 0.5) is 10.1 Å². The molecule has 0 unspecified atom stereocenters. The van der Waals surface area contributed by atoms with Crippen LogP contribution in [-0.2, 0) is 9.59 Å². The number of benzene rings is 1. The highest BCUT2D eigenvalue weighted by molar-refractivity contribution is 5.97. The van der Waals surface area contributed by atoms with Gasteiger partial charge in [-0.2, -0.15) is 0 Å². The van der Waals surface area contributed by atoms with Crippen LogP contribution in [0.25, 0.3) is 0 Å². The summed E-state index contributed by atoms with van der Waals surface area (Å²) in [5.41, 5.74) is 0.565. The molecule has 22 heavy (non-hydrogen) atoms. The standard InChI is InChI=1S/C17H21FN2O2/c18-13-6-8-14(9-7-13)19-17(22)12-10-16(21)20(11-12)15-4-2-1-3-5-15/h6-9,12,15H,1-5,10-11H2,(H,19,22)/t12-/m0/s1. The number of nitrogens with zero attached hydrogens (tertiary/aromatic N) is 1. The number of likely N-dealkylation sites (tertiary alicyclic amines) is 1. The molecule has 1 atom stereocenters. The Morgan fingerprint density at radius 1 is 1.14 bits per heavy atom. The van der Waals surface area contributed by atoms with E-state index in [1.807, 2.05) is 4.90 Å². The molecule has 1 saturated carbocycles. The summed E-state index contributed by atoms with van der Waals surface area (Å²) >= 11 is 0. The number of anilines is 1. The molecule has 1 aliphatic carbocycles. The van der Waals surface area contributed by atoms with Gasteiger partial charge < -0.3 is 10.2 Å². The monoisotopic (exact) mass is 304 g/mol. The molecule has 1 saturated heterocycles. The summed E-state index contributed by atoms with van der Waals surface area (Å²) < 4.78 is 12.9. The third-order valence-corrected chi connectivity index (χ3v) is 4.66. The normalized spacial score (nSPS) is 22.9. The highest BCUT2D eigenvalue weighted by Gasteiger charge is 2.38. The van der Waals surface area contributed by atoms with E-state index in [-0.39, 0.29) is 30.0 Å². The molecule has 2 amide bonds. The number of carbonyl (C=O) groups excluding carboxylic acids is 2. The van der Waals surface area contributed by atoms with E-state index < -0.39 is 0 Å². The molecule has 2 fully saturated rings. The number of amides is 2. The molecule has 3 rings (SSSR count). The lowest BCUT2D eigenvalue weighted by Crippen LogP contribution is -2.38. The maximum atomic E-state index is 12.9. The van der Waals surface area contributed by atoms with Gasteiger partial charge in [-0.25, -0.2) is 4.39 Å². The largest absolute Gasteiger partial charge is 0.339 e. The zero-order valence-electron chi connectivity index (χ0n) is 12.6. The van der Waals surface area contributed by atoms with Gasteiger partial charge in [-0.3, -0.25) is 9.59 Å². The van der Waals surface area contributed by atoms with Crippen LogP contribution in [0.1, 0.15) is 38.5 Å². The molecule has 0 aromatic heterocycles. The van der Waals surface area contributed by atoms with Gasteiger partial charge in [-0.05, 0) is 37.1 Å². The molecule has 0 radical (unpaired) electrons. The van der Waals surface area contributed by atoms with Gasteiger partial charge >= 0.3 is 0 Å². The van der Waals surface area contributed by atoms with Gasteiger partial charge in [0.05, 0.1) is 5.92 Å². The van der Waals surface area contributed by atoms with E-state index in [4.69, 9.17) is 0 Å². The van der Waals surface area contributed by atoms with E-state index in [0.29, 0.717) is 18.3 Å². The van der Waals surface area contributed by atoms with Crippen LogP contribution in [0.15, 0.2) is 24.3 Å². The summed E-state index contributed by atoms with van der Waals surface area (Å²) in [6.45, 7) is 0.510. The minimum absolute atomic E-state index is 0.0890. The molecule has 5 heteroatoms. The average Bonchev–Trinajstić information content (AvgIpc) is 2.92. The summed E-state index contributed by atoms with van der Waals surface area (Å²) in [5, 5.41) is 2.77. The molecule has 1 heterocycles. The number of hydrogen-bond donors (Lipinski definition) is 1. The molecule has 0 bridgehead atoms. The molecular weight excluding hydrogens is 283 g/mol. The fourth-order valence-electron chi connectivity index (χ4n) is 3.43. The summed E-state index contributed by atoms with van der Waals surface area (Å²) in [4.78, 5) is 26.4. The highest BCUT2D eigenvalue weighted by Crippen LogP contribution is 2.29. The first-order valence-electron chi connectivity index (χ1n) is 7.99. The predicted molar refractivity (Wildman–Crippen MR) is 81.7 cm³/mol. The number of halogens is 1. The van der Waals surface area contributed by atoms with Gasteiger partial charge in [0.1, 0.15) is 5.82 Å². The summed E-state index contributed by atoms with van der Waals surface area (Å²) in [6.07, 6.45) is 5.97. The Hall–Kier alpha value is -1.91. The molecule has 1 aromatic carbocycles. The number of hydrogen-bond acceptors (Lipinski definition) is 2. The Bertz CT molecular complexity index is 552. The van der Waals surface area contributed by atoms with E-state index in [2.05, 4.69) is 5.32 Å². The fraction of sp³-hybridized carbons (Fsp3) is 0.529. The number of rotatable bonds is 3. The van der Waals surface area contributed by atoms with E-state index in [0.717, 1.165) is 12.8 Å². The van der Waals surface area contributed by atoms with Gasteiger partial charge in [0.15, 0.2) is 0 Å². The third-order valence-electron chi connectivity index (χ3n) is 4.66. The fourth-order valence-corrected chi connectivity index (χ4v) is 3.43. The Labute approximate surface area is 129 Å². The lowest BCUT2D eigenvalue weighted by molar-refractivity contribution is -0.130. The maximum absolute atomic E-state index is 12.9. The van der Waals surface area contributed by atoms with Crippen LogP contribution in [0.2, 0.25) is 0 Å². The van der Waals surface area contributed by atoms with Crippen molar-refractivity contribution in [2.75, 3.05) is 11.9 Å². The lowest BCUT2D eigenvalue weighted by atomic mass is 9.94. The maximum Gasteiger partial charge on any atom is 0.229 e. The number of carbonyl (C=O) groups is 2. The molecule has 4 nitrogen and oxygen atoms in total. The molecule has 1 aliphatic heterocycles. The number of nitrogens with one attached hydrogen (secondary N) is 1. The summed E-state index contributed by atoms with van der Waals surface area (Å²) in [5.74, 6) is -0.707. The van der Waals surface area contributed by atoms with Crippen molar-refractivity contribution in [3.63, 3.8) is 0 Å². The molecule has 118 valence electrons. The van der Waals surface area contributed by atoms with Crippen molar-refractivity contribution in [2.24, 2.45) is 5.92 Å². The van der Waals surface area contributed by atoms with Crippen molar-refractivity contribution < 1.29 is 14.0 Å². The van der Waals surface area contributed by atoms with Crippen molar-refractivity contribution in [1.29, 1.82) is 0 Å². The quantitative estimate of drug-likeness (QED) is 0.933. The minimum Gasteiger partial charge on any atom is -0.339 e. The Morgan fingerprint density at radius 3 is 2.50 bits per heavy atom. The van der Waals surface area contributed by atoms with Gasteiger partial charge in [0, 0.05) is 24.7 Å². The van der Waals surface area contributed by atoms with E-state index in [9.17, 15) is 14.0 Å². The van der Waals surface area contributed by atoms with E-state index in [1.54, 1.807) is 0 Å². The molecule has 2 aliphatic rings. The highest BCUT2D eigenvalue weighted by atomic mass is 19.1. The minimum atomic E-state index is -0.336. The van der Waals surface area contributed by atoms with Gasteiger partial charge in [0.2, 0.25) is 11.8 Å². The van der Waals surface area contributed by atoms with Gasteiger partial charge in [-0.1, -0.05) is 19.3 Å². The molecular formula is C17H21FN2O2. The first-order valence-corrected chi connectivity index (χ1v) is 7.99. The van der Waals surface area contributed by atoms with Crippen molar-refractivity contribution in [2.45, 2.75) is 44.6 Å². The van der Waals surface area contributed by atoms with Crippen molar-refractivity contribution in [1.82, 2.24) is 4.90 Å². The Balaban J connectivity index is 1.59. The van der Waals surface area contributed by atoms with E-state index >= 15 is 0 Å². The van der Waals surface area contributed by atoms with Crippen LogP contribution in [0.5, 0.6) is 0 Å². The second-order valence-corrected chi connectivity index (χ2v) is 6.24. The topological polar surface area (TPSA) is 49.4 Å². The zero-order chi connectivity index (χ0) is 15.5. The lowest BCUT2D eigenvalue weighted by Gasteiger charge is -2.31. The van der Waals surface area contributed by atoms with Gasteiger partial charge in [0.25, 0.3) is 0 Å². The Kier molecular flexibility index (Phi) is 4.41. The van der Waals surface area contributed by atoms with Crippen molar-refractivity contribution >= 4 is 17.5 Å². The first-order chi connectivity index (χ1) is 10.6. The first kappa shape index (κ1) is 15.0. The van der Waals surface area contributed by atoms with Crippen molar-refractivity contribution in [3.05, 3.63) is 30.1 Å². The Morgan fingerprint density at radius 2 is 1.82 bits per heavy atom. The molecule has 0 spiro atoms. The van der Waals surface area contributed by atoms with Gasteiger partial charge in [-0.15, -0.1) is 0 Å². The zero-order valence-corrected chi connectivity index (χ0v) is 12.6. The smallest absolute Gasteiger partial charge is 0.229 e. The van der Waals surface area contributed by atoms with Crippen LogP contribution < -0.4 is 5.32 Å². The summed E-state index contributed by atoms with van der Waals surface area (Å²) in [6, 6.07) is 5.99. The second-order valence-electron chi connectivity index (χ2n) is 6.24. The molecule has 1 N–H and O–H groups in total. The third kappa shape index (κ3) is 3.29. The predicted octanol–water partition coefficient (Wildman–Crippen LogP) is 2.95. The second kappa shape index (κ2) is 6.46. The van der Waals surface area contributed by atoms with Crippen LogP contribution >= 0.6 is 0 Å². The SMILES string of the molecule is O=C(Nc1ccc(F)cc1)[C@H]1CC(=O)N(C2CCCCC2)C1. The van der Waals surface area contributed by atoms with Crippen LogP contribution in [-0.4, -0.2) is 29.3 Å². The van der Waals surface area contributed by atoms with E-state index in [1.165, 1.54) is 43.5 Å². The average molecular weight is 304 g/mol. The van der Waals surface area contributed by atoms with Crippen LogP contribution in [0, 0.1) is 11.7 Å².